The predicted octanol–water partition coefficient (Wildman–Crippen LogP) is 3.97. The van der Waals surface area contributed by atoms with Crippen LogP contribution in [0, 0.1) is 0 Å². The third-order valence-electron chi connectivity index (χ3n) is 6.14. The van der Waals surface area contributed by atoms with E-state index in [-0.39, 0.29) is 18.5 Å². The van der Waals surface area contributed by atoms with Crippen LogP contribution in [0.15, 0.2) is 54.6 Å². The van der Waals surface area contributed by atoms with Gasteiger partial charge in [-0.1, -0.05) is 67.3 Å². The largest absolute Gasteiger partial charge is 0.352 e. The average Bonchev–Trinajstić information content (AvgIpc) is 2.82. The first kappa shape index (κ1) is 26.0. The van der Waals surface area contributed by atoms with Gasteiger partial charge in [-0.15, -0.1) is 0 Å². The molecule has 0 aromatic heterocycles. The smallest absolute Gasteiger partial charge is 0.244 e. The minimum Gasteiger partial charge on any atom is -0.352 e. The van der Waals surface area contributed by atoms with Crippen molar-refractivity contribution in [3.8, 4) is 0 Å². The number of hydrogen-bond acceptors (Lipinski definition) is 4. The predicted molar refractivity (Wildman–Crippen MR) is 135 cm³/mol. The number of hydrogen-bond donors (Lipinski definition) is 1. The molecule has 1 aliphatic carbocycles. The quantitative estimate of drug-likeness (QED) is 0.558. The number of nitrogens with zero attached hydrogens (tertiary/aromatic N) is 2. The first-order valence-corrected chi connectivity index (χ1v) is 13.8. The van der Waals surface area contributed by atoms with Crippen molar-refractivity contribution in [3.63, 3.8) is 0 Å². The van der Waals surface area contributed by atoms with Crippen molar-refractivity contribution in [2.24, 2.45) is 0 Å². The summed E-state index contributed by atoms with van der Waals surface area (Å²) >= 11 is 6.34. The summed E-state index contributed by atoms with van der Waals surface area (Å²) in [6.07, 6.45) is 6.22. The number of amides is 2. The molecule has 7 nitrogen and oxygen atoms in total. The first-order chi connectivity index (χ1) is 16.2. The highest BCUT2D eigenvalue weighted by Crippen LogP contribution is 2.22. The van der Waals surface area contributed by atoms with E-state index in [2.05, 4.69) is 5.32 Å². The topological polar surface area (TPSA) is 86.8 Å². The highest BCUT2D eigenvalue weighted by molar-refractivity contribution is 7.92. The van der Waals surface area contributed by atoms with Crippen molar-refractivity contribution < 1.29 is 18.0 Å². The normalized spacial score (nSPS) is 15.4. The molecule has 2 aromatic carbocycles. The summed E-state index contributed by atoms with van der Waals surface area (Å²) in [6, 6.07) is 14.9. The van der Waals surface area contributed by atoms with Crippen LogP contribution in [0.25, 0.3) is 0 Å². The van der Waals surface area contributed by atoms with Gasteiger partial charge in [-0.3, -0.25) is 13.9 Å². The molecule has 0 saturated heterocycles. The van der Waals surface area contributed by atoms with Gasteiger partial charge in [0.2, 0.25) is 21.8 Å². The second-order valence-corrected chi connectivity index (χ2v) is 11.1. The summed E-state index contributed by atoms with van der Waals surface area (Å²) in [6.45, 7) is 1.33. The molecule has 0 radical (unpaired) electrons. The summed E-state index contributed by atoms with van der Waals surface area (Å²) in [7, 11) is -3.74. The summed E-state index contributed by atoms with van der Waals surface area (Å²) in [5, 5.41) is 3.55. The molecule has 34 heavy (non-hydrogen) atoms. The Balaban J connectivity index is 1.86. The van der Waals surface area contributed by atoms with Gasteiger partial charge in [0.1, 0.15) is 12.6 Å². The van der Waals surface area contributed by atoms with Crippen LogP contribution in [0.5, 0.6) is 0 Å². The molecule has 1 N–H and O–H groups in total. The van der Waals surface area contributed by atoms with Crippen molar-refractivity contribution in [2.45, 2.75) is 57.7 Å². The Labute approximate surface area is 207 Å². The van der Waals surface area contributed by atoms with Crippen LogP contribution >= 0.6 is 11.6 Å². The van der Waals surface area contributed by atoms with E-state index in [1.54, 1.807) is 55.5 Å². The molecule has 3 rings (SSSR count). The van der Waals surface area contributed by atoms with Gasteiger partial charge < -0.3 is 10.2 Å². The van der Waals surface area contributed by atoms with Crippen LogP contribution in [0.4, 0.5) is 5.69 Å². The van der Waals surface area contributed by atoms with Crippen molar-refractivity contribution >= 4 is 39.1 Å². The zero-order valence-corrected chi connectivity index (χ0v) is 21.2. The molecule has 1 unspecified atom stereocenters. The van der Waals surface area contributed by atoms with E-state index in [0.717, 1.165) is 36.2 Å². The van der Waals surface area contributed by atoms with Gasteiger partial charge >= 0.3 is 0 Å². The summed E-state index contributed by atoms with van der Waals surface area (Å²) in [5.41, 5.74) is 1.07. The van der Waals surface area contributed by atoms with E-state index in [1.807, 2.05) is 6.07 Å². The lowest BCUT2D eigenvalue weighted by Crippen LogP contribution is -2.53. The maximum absolute atomic E-state index is 13.5. The van der Waals surface area contributed by atoms with Crippen LogP contribution in [0.3, 0.4) is 0 Å². The van der Waals surface area contributed by atoms with Gasteiger partial charge in [-0.25, -0.2) is 8.42 Å². The number of carbonyl (C=O) groups is 2. The van der Waals surface area contributed by atoms with E-state index in [1.165, 1.54) is 11.3 Å². The molecular formula is C25H32ClN3O4S. The fourth-order valence-electron chi connectivity index (χ4n) is 4.17. The molecule has 184 valence electrons. The van der Waals surface area contributed by atoms with E-state index < -0.39 is 28.5 Å². The Morgan fingerprint density at radius 2 is 1.65 bits per heavy atom. The highest BCUT2D eigenvalue weighted by Gasteiger charge is 2.31. The molecule has 1 aliphatic rings. The molecule has 2 amide bonds. The van der Waals surface area contributed by atoms with Gasteiger partial charge in [-0.05, 0) is 43.5 Å². The van der Waals surface area contributed by atoms with Crippen molar-refractivity contribution in [1.29, 1.82) is 0 Å². The number of carbonyl (C=O) groups excluding carboxylic acids is 2. The third-order valence-corrected chi connectivity index (χ3v) is 7.65. The molecule has 1 saturated carbocycles. The van der Waals surface area contributed by atoms with Crippen LogP contribution in [-0.4, -0.2) is 50.0 Å². The van der Waals surface area contributed by atoms with Crippen molar-refractivity contribution in [2.75, 3.05) is 17.1 Å². The van der Waals surface area contributed by atoms with Crippen molar-refractivity contribution in [3.05, 3.63) is 65.2 Å². The van der Waals surface area contributed by atoms with E-state index in [0.29, 0.717) is 16.3 Å². The molecule has 0 heterocycles. The lowest BCUT2D eigenvalue weighted by atomic mass is 9.95. The van der Waals surface area contributed by atoms with Gasteiger partial charge in [0, 0.05) is 17.6 Å². The van der Waals surface area contributed by atoms with Crippen LogP contribution in [0.2, 0.25) is 5.02 Å². The number of para-hydroxylation sites is 1. The zero-order valence-electron chi connectivity index (χ0n) is 19.6. The van der Waals surface area contributed by atoms with Crippen molar-refractivity contribution in [1.82, 2.24) is 10.2 Å². The molecule has 0 aliphatic heterocycles. The minimum absolute atomic E-state index is 0.0875. The Morgan fingerprint density at radius 1 is 1.03 bits per heavy atom. The van der Waals surface area contributed by atoms with Gasteiger partial charge in [-0.2, -0.15) is 0 Å². The third kappa shape index (κ3) is 6.96. The molecule has 1 fully saturated rings. The summed E-state index contributed by atoms with van der Waals surface area (Å²) in [5.74, 6) is -0.738. The Bertz CT molecular complexity index is 1090. The van der Waals surface area contributed by atoms with Crippen LogP contribution in [0.1, 0.15) is 44.6 Å². The molecule has 2 aromatic rings. The molecule has 0 bridgehead atoms. The van der Waals surface area contributed by atoms with Crippen LogP contribution < -0.4 is 9.62 Å². The number of nitrogens with one attached hydrogen (secondary N) is 1. The fraction of sp³-hybridized carbons (Fsp3) is 0.440. The number of anilines is 1. The van der Waals surface area contributed by atoms with Gasteiger partial charge in [0.25, 0.3) is 0 Å². The van der Waals surface area contributed by atoms with E-state index in [9.17, 15) is 18.0 Å². The minimum atomic E-state index is -3.74. The standard InChI is InChI=1S/C25H32ClN3O4S/c1-19(25(31)27-21-12-5-3-6-13-21)28(17-20-11-9-10-16-23(20)26)24(30)18-29(34(2,32)33)22-14-7-4-8-15-22/h4,7-11,14-16,19,21H,3,5-6,12-13,17-18H2,1-2H3,(H,27,31). The lowest BCUT2D eigenvalue weighted by Gasteiger charge is -2.33. The number of halogens is 1. The second kappa shape index (κ2) is 11.7. The van der Waals surface area contributed by atoms with Gasteiger partial charge in [0.15, 0.2) is 0 Å². The summed E-state index contributed by atoms with van der Waals surface area (Å²) < 4.78 is 26.1. The van der Waals surface area contributed by atoms with Crippen LogP contribution in [-0.2, 0) is 26.2 Å². The zero-order chi connectivity index (χ0) is 24.7. The highest BCUT2D eigenvalue weighted by atomic mass is 35.5. The number of sulfonamides is 1. The Morgan fingerprint density at radius 3 is 2.26 bits per heavy atom. The SMILES string of the molecule is CC(C(=O)NC1CCCCC1)N(Cc1ccccc1Cl)C(=O)CN(c1ccccc1)S(C)(=O)=O. The fourth-order valence-corrected chi connectivity index (χ4v) is 5.21. The monoisotopic (exact) mass is 505 g/mol. The number of benzene rings is 2. The number of rotatable bonds is 9. The Hall–Kier alpha value is -2.58. The molecule has 9 heteroatoms. The summed E-state index contributed by atoms with van der Waals surface area (Å²) in [4.78, 5) is 28.0. The molecule has 0 spiro atoms. The maximum atomic E-state index is 13.5. The second-order valence-electron chi connectivity index (χ2n) is 8.74. The first-order valence-electron chi connectivity index (χ1n) is 11.5. The lowest BCUT2D eigenvalue weighted by molar-refractivity contribution is -0.139. The van der Waals surface area contributed by atoms with E-state index in [4.69, 9.17) is 11.6 Å². The van der Waals surface area contributed by atoms with E-state index >= 15 is 0 Å². The Kier molecular flexibility index (Phi) is 8.97. The van der Waals surface area contributed by atoms with Gasteiger partial charge in [0.05, 0.1) is 11.9 Å². The molecule has 1 atom stereocenters. The molecular weight excluding hydrogens is 474 g/mol. The maximum Gasteiger partial charge on any atom is 0.244 e. The average molecular weight is 506 g/mol.